The molecule has 0 aromatic carbocycles. The van der Waals surface area contributed by atoms with E-state index in [-0.39, 0.29) is 18.1 Å². The fraction of sp³-hybridized carbons (Fsp3) is 0.933. The van der Waals surface area contributed by atoms with Gasteiger partial charge in [-0.15, -0.1) is 0 Å². The van der Waals surface area contributed by atoms with Crippen molar-refractivity contribution in [1.82, 2.24) is 10.2 Å². The molecule has 0 aromatic rings. The Kier molecular flexibility index (Phi) is 3.81. The second-order valence-corrected chi connectivity index (χ2v) is 6.72. The van der Waals surface area contributed by atoms with Crippen LogP contribution in [0.25, 0.3) is 0 Å². The zero-order valence-electron chi connectivity index (χ0n) is 11.8. The zero-order chi connectivity index (χ0) is 13.4. The Hall–Kier alpha value is -0.610. The monoisotopic (exact) mass is 266 g/mol. The molecule has 2 aliphatic heterocycles. The average Bonchev–Trinajstić information content (AvgIpc) is 2.85. The zero-order valence-corrected chi connectivity index (χ0v) is 11.8. The summed E-state index contributed by atoms with van der Waals surface area (Å²) in [5.41, 5.74) is 0. The van der Waals surface area contributed by atoms with Gasteiger partial charge in [-0.05, 0) is 37.5 Å². The van der Waals surface area contributed by atoms with Crippen molar-refractivity contribution in [2.24, 2.45) is 11.8 Å². The van der Waals surface area contributed by atoms with Crippen molar-refractivity contribution in [1.29, 1.82) is 0 Å². The SMILES string of the molecule is CC1CCN(C(=O)C2CC3CCCCC3N2)CC1O. The molecule has 5 unspecified atom stereocenters. The maximum Gasteiger partial charge on any atom is 0.239 e. The third-order valence-electron chi connectivity index (χ3n) is 5.39. The van der Waals surface area contributed by atoms with E-state index in [9.17, 15) is 9.90 Å². The summed E-state index contributed by atoms with van der Waals surface area (Å²) in [6.07, 6.45) is 6.72. The number of carbonyl (C=O) groups is 1. The number of amides is 1. The number of nitrogens with zero attached hydrogens (tertiary/aromatic N) is 1. The summed E-state index contributed by atoms with van der Waals surface area (Å²) in [6.45, 7) is 3.40. The van der Waals surface area contributed by atoms with E-state index in [0.717, 1.165) is 19.4 Å². The number of β-amino-alcohol motifs (C(OH)–C–C–N with tert-alkyl or cyclic N) is 1. The molecule has 1 aliphatic carbocycles. The first-order chi connectivity index (χ1) is 9.15. The molecule has 4 nitrogen and oxygen atoms in total. The predicted octanol–water partition coefficient (Wildman–Crippen LogP) is 1.14. The summed E-state index contributed by atoms with van der Waals surface area (Å²) in [6, 6.07) is 0.574. The molecule has 3 aliphatic rings. The van der Waals surface area contributed by atoms with Crippen molar-refractivity contribution >= 4 is 5.91 Å². The number of nitrogens with one attached hydrogen (secondary N) is 1. The molecule has 0 aromatic heterocycles. The van der Waals surface area contributed by atoms with Gasteiger partial charge in [0.25, 0.3) is 0 Å². The quantitative estimate of drug-likeness (QED) is 0.748. The fourth-order valence-electron chi connectivity index (χ4n) is 3.98. The summed E-state index contributed by atoms with van der Waals surface area (Å²) < 4.78 is 0. The topological polar surface area (TPSA) is 52.6 Å². The summed E-state index contributed by atoms with van der Waals surface area (Å²) in [7, 11) is 0. The van der Waals surface area contributed by atoms with Crippen LogP contribution in [0.5, 0.6) is 0 Å². The Bertz CT molecular complexity index is 333. The van der Waals surface area contributed by atoms with Crippen molar-refractivity contribution < 1.29 is 9.90 Å². The molecule has 0 bridgehead atoms. The van der Waals surface area contributed by atoms with E-state index in [1.807, 2.05) is 4.90 Å². The van der Waals surface area contributed by atoms with Crippen molar-refractivity contribution in [3.63, 3.8) is 0 Å². The lowest BCUT2D eigenvalue weighted by atomic mass is 9.85. The summed E-state index contributed by atoms with van der Waals surface area (Å²) >= 11 is 0. The van der Waals surface area contributed by atoms with E-state index in [0.29, 0.717) is 24.4 Å². The maximum atomic E-state index is 12.5. The summed E-state index contributed by atoms with van der Waals surface area (Å²) in [5.74, 6) is 1.25. The first-order valence-corrected chi connectivity index (χ1v) is 7.88. The van der Waals surface area contributed by atoms with E-state index in [4.69, 9.17) is 0 Å². The molecule has 0 spiro atoms. The molecule has 2 heterocycles. The van der Waals surface area contributed by atoms with Gasteiger partial charge in [-0.3, -0.25) is 4.79 Å². The highest BCUT2D eigenvalue weighted by Gasteiger charge is 2.40. The van der Waals surface area contributed by atoms with Gasteiger partial charge in [-0.1, -0.05) is 19.8 Å². The molecule has 3 fully saturated rings. The van der Waals surface area contributed by atoms with E-state index in [1.54, 1.807) is 0 Å². The van der Waals surface area contributed by atoms with Gasteiger partial charge in [0, 0.05) is 19.1 Å². The highest BCUT2D eigenvalue weighted by molar-refractivity contribution is 5.82. The first-order valence-electron chi connectivity index (χ1n) is 7.88. The van der Waals surface area contributed by atoms with Crippen LogP contribution in [0, 0.1) is 11.8 Å². The molecular formula is C15H26N2O2. The van der Waals surface area contributed by atoms with Gasteiger partial charge >= 0.3 is 0 Å². The minimum absolute atomic E-state index is 0.00806. The first kappa shape index (κ1) is 13.4. The molecule has 108 valence electrons. The van der Waals surface area contributed by atoms with Gasteiger partial charge in [0.2, 0.25) is 5.91 Å². The fourth-order valence-corrected chi connectivity index (χ4v) is 3.98. The van der Waals surface area contributed by atoms with Crippen molar-refractivity contribution in [2.75, 3.05) is 13.1 Å². The van der Waals surface area contributed by atoms with Crippen LogP contribution in [0.15, 0.2) is 0 Å². The van der Waals surface area contributed by atoms with Crippen LogP contribution in [0.4, 0.5) is 0 Å². The number of piperidine rings is 1. The Morgan fingerprint density at radius 3 is 2.79 bits per heavy atom. The number of aliphatic hydroxyl groups is 1. The second kappa shape index (κ2) is 5.41. The van der Waals surface area contributed by atoms with Crippen molar-refractivity contribution in [3.05, 3.63) is 0 Å². The smallest absolute Gasteiger partial charge is 0.239 e. The number of hydrogen-bond acceptors (Lipinski definition) is 3. The molecular weight excluding hydrogens is 240 g/mol. The molecule has 1 saturated carbocycles. The number of hydrogen-bond donors (Lipinski definition) is 2. The Morgan fingerprint density at radius 1 is 1.26 bits per heavy atom. The molecule has 1 amide bonds. The maximum absolute atomic E-state index is 12.5. The lowest BCUT2D eigenvalue weighted by Gasteiger charge is -2.35. The third kappa shape index (κ3) is 2.65. The molecule has 19 heavy (non-hydrogen) atoms. The molecule has 2 N–H and O–H groups in total. The molecule has 5 atom stereocenters. The Morgan fingerprint density at radius 2 is 2.05 bits per heavy atom. The van der Waals surface area contributed by atoms with Crippen LogP contribution in [0.1, 0.15) is 45.4 Å². The Balaban J connectivity index is 1.59. The van der Waals surface area contributed by atoms with E-state index < -0.39 is 0 Å². The van der Waals surface area contributed by atoms with E-state index in [1.165, 1.54) is 25.7 Å². The van der Waals surface area contributed by atoms with E-state index in [2.05, 4.69) is 12.2 Å². The van der Waals surface area contributed by atoms with Gasteiger partial charge in [0.15, 0.2) is 0 Å². The predicted molar refractivity (Wildman–Crippen MR) is 73.7 cm³/mol. The van der Waals surface area contributed by atoms with Gasteiger partial charge in [-0.2, -0.15) is 0 Å². The van der Waals surface area contributed by atoms with E-state index >= 15 is 0 Å². The standard InChI is InChI=1S/C15H26N2O2/c1-10-6-7-17(9-14(10)18)15(19)13-8-11-4-2-3-5-12(11)16-13/h10-14,16,18H,2-9H2,1H3. The largest absolute Gasteiger partial charge is 0.391 e. The molecule has 3 rings (SSSR count). The third-order valence-corrected chi connectivity index (χ3v) is 5.39. The highest BCUT2D eigenvalue weighted by atomic mass is 16.3. The minimum atomic E-state index is -0.346. The molecule has 4 heteroatoms. The normalized spacial score (nSPS) is 43.1. The van der Waals surface area contributed by atoms with Crippen LogP contribution in [-0.2, 0) is 4.79 Å². The summed E-state index contributed by atoms with van der Waals surface area (Å²) in [5, 5.41) is 13.5. The van der Waals surface area contributed by atoms with Gasteiger partial charge in [-0.25, -0.2) is 0 Å². The minimum Gasteiger partial charge on any atom is -0.391 e. The van der Waals surface area contributed by atoms with Crippen LogP contribution in [-0.4, -0.2) is 47.2 Å². The van der Waals surface area contributed by atoms with Crippen molar-refractivity contribution in [2.45, 2.75) is 63.6 Å². The van der Waals surface area contributed by atoms with Crippen LogP contribution in [0.3, 0.4) is 0 Å². The number of likely N-dealkylation sites (tertiary alicyclic amines) is 1. The number of aliphatic hydroxyl groups excluding tert-OH is 1. The number of carbonyl (C=O) groups excluding carboxylic acids is 1. The van der Waals surface area contributed by atoms with Crippen molar-refractivity contribution in [3.8, 4) is 0 Å². The van der Waals surface area contributed by atoms with Crippen LogP contribution < -0.4 is 5.32 Å². The average molecular weight is 266 g/mol. The van der Waals surface area contributed by atoms with Gasteiger partial charge < -0.3 is 15.3 Å². The second-order valence-electron chi connectivity index (χ2n) is 6.72. The lowest BCUT2D eigenvalue weighted by molar-refractivity contribution is -0.137. The molecule has 0 radical (unpaired) electrons. The number of fused-ring (bicyclic) bond motifs is 1. The molecule has 2 saturated heterocycles. The van der Waals surface area contributed by atoms with Crippen LogP contribution >= 0.6 is 0 Å². The highest BCUT2D eigenvalue weighted by Crippen LogP contribution is 2.34. The summed E-state index contributed by atoms with van der Waals surface area (Å²) in [4.78, 5) is 14.4. The lowest BCUT2D eigenvalue weighted by Crippen LogP contribution is -2.51. The van der Waals surface area contributed by atoms with Gasteiger partial charge in [0.1, 0.15) is 0 Å². The van der Waals surface area contributed by atoms with Gasteiger partial charge in [0.05, 0.1) is 12.1 Å². The number of rotatable bonds is 1. The Labute approximate surface area is 115 Å². The van der Waals surface area contributed by atoms with Crippen LogP contribution in [0.2, 0.25) is 0 Å².